The van der Waals surface area contributed by atoms with E-state index in [2.05, 4.69) is 4.98 Å². The average molecular weight is 356 g/mol. The summed E-state index contributed by atoms with van der Waals surface area (Å²) in [6.07, 6.45) is 3.14. The summed E-state index contributed by atoms with van der Waals surface area (Å²) in [5.74, 6) is -0.528. The van der Waals surface area contributed by atoms with E-state index in [9.17, 15) is 9.59 Å². The number of ketones is 2. The predicted molar refractivity (Wildman–Crippen MR) is 101 cm³/mol. The van der Waals surface area contributed by atoms with E-state index < -0.39 is 11.6 Å². The summed E-state index contributed by atoms with van der Waals surface area (Å²) in [5.41, 5.74) is 2.25. The highest BCUT2D eigenvalue weighted by atomic mass is 16.5. The molecule has 0 aliphatic carbocycles. The molecule has 0 N–H and O–H groups in total. The molecule has 0 fully saturated rings. The topological polar surface area (TPSA) is 60.7 Å². The molecular formula is C22H16N2O3. The molecule has 0 amide bonds. The normalized spacial score (nSPS) is 10.7. The van der Waals surface area contributed by atoms with Crippen LogP contribution in [0.5, 0.6) is 5.75 Å². The van der Waals surface area contributed by atoms with Gasteiger partial charge in [0.2, 0.25) is 5.78 Å². The van der Waals surface area contributed by atoms with Gasteiger partial charge in [-0.25, -0.2) is 4.98 Å². The molecule has 0 atom stereocenters. The van der Waals surface area contributed by atoms with Crippen LogP contribution in [-0.2, 0) is 6.61 Å². The fraction of sp³-hybridized carbons (Fsp3) is 0.0455. The summed E-state index contributed by atoms with van der Waals surface area (Å²) in [6, 6.07) is 21.8. The summed E-state index contributed by atoms with van der Waals surface area (Å²) < 4.78 is 7.32. The van der Waals surface area contributed by atoms with Crippen molar-refractivity contribution >= 4 is 17.2 Å². The van der Waals surface area contributed by atoms with Crippen LogP contribution in [0.15, 0.2) is 85.2 Å². The first-order valence-corrected chi connectivity index (χ1v) is 8.50. The van der Waals surface area contributed by atoms with Crippen molar-refractivity contribution in [3.05, 3.63) is 102 Å². The van der Waals surface area contributed by atoms with E-state index in [0.29, 0.717) is 23.6 Å². The molecule has 5 heteroatoms. The predicted octanol–water partition coefficient (Wildman–Crippen LogP) is 3.98. The number of carbonyl (C=O) groups excluding carboxylic acids is 2. The first-order chi connectivity index (χ1) is 13.2. The van der Waals surface area contributed by atoms with E-state index in [1.165, 1.54) is 6.20 Å². The second-order valence-corrected chi connectivity index (χ2v) is 6.03. The third-order valence-corrected chi connectivity index (χ3v) is 4.22. The van der Waals surface area contributed by atoms with Gasteiger partial charge in [-0.1, -0.05) is 36.4 Å². The lowest BCUT2D eigenvalue weighted by atomic mass is 10.1. The van der Waals surface area contributed by atoms with Crippen molar-refractivity contribution in [2.24, 2.45) is 0 Å². The van der Waals surface area contributed by atoms with Crippen molar-refractivity contribution in [1.29, 1.82) is 0 Å². The van der Waals surface area contributed by atoms with Crippen LogP contribution in [0, 0.1) is 0 Å². The van der Waals surface area contributed by atoms with E-state index in [1.54, 1.807) is 47.0 Å². The number of pyridine rings is 1. The maximum atomic E-state index is 12.6. The second-order valence-electron chi connectivity index (χ2n) is 6.03. The molecule has 0 bridgehead atoms. The van der Waals surface area contributed by atoms with Gasteiger partial charge in [0.15, 0.2) is 0 Å². The smallest absolute Gasteiger partial charge is 0.251 e. The zero-order valence-electron chi connectivity index (χ0n) is 14.4. The molecule has 132 valence electrons. The lowest BCUT2D eigenvalue weighted by molar-refractivity contribution is 0.0813. The van der Waals surface area contributed by atoms with Crippen LogP contribution >= 0.6 is 0 Å². The number of benzene rings is 2. The van der Waals surface area contributed by atoms with Gasteiger partial charge in [-0.15, -0.1) is 0 Å². The minimum atomic E-state index is -0.591. The third-order valence-electron chi connectivity index (χ3n) is 4.22. The van der Waals surface area contributed by atoms with E-state index >= 15 is 0 Å². The summed E-state index contributed by atoms with van der Waals surface area (Å²) in [7, 11) is 0. The van der Waals surface area contributed by atoms with Gasteiger partial charge in [-0.05, 0) is 42.0 Å². The first-order valence-electron chi connectivity index (χ1n) is 8.50. The summed E-state index contributed by atoms with van der Waals surface area (Å²) >= 11 is 0. The minimum Gasteiger partial charge on any atom is -0.489 e. The Morgan fingerprint density at radius 1 is 0.852 bits per heavy atom. The van der Waals surface area contributed by atoms with Crippen LogP contribution in [0.25, 0.3) is 5.65 Å². The molecule has 2 aromatic heterocycles. The molecule has 27 heavy (non-hydrogen) atoms. The van der Waals surface area contributed by atoms with Crippen LogP contribution in [0.4, 0.5) is 0 Å². The number of hydrogen-bond acceptors (Lipinski definition) is 4. The molecule has 2 heterocycles. The van der Waals surface area contributed by atoms with Crippen LogP contribution in [-0.4, -0.2) is 21.0 Å². The maximum absolute atomic E-state index is 12.6. The SMILES string of the molecule is O=C(C(=O)c1cnc2ccccn12)c1ccc(OCc2ccccc2)cc1. The molecule has 0 unspecified atom stereocenters. The molecule has 2 aromatic carbocycles. The highest BCUT2D eigenvalue weighted by molar-refractivity contribution is 6.48. The quantitative estimate of drug-likeness (QED) is 0.387. The van der Waals surface area contributed by atoms with E-state index in [-0.39, 0.29) is 5.69 Å². The number of fused-ring (bicyclic) bond motifs is 1. The highest BCUT2D eigenvalue weighted by Gasteiger charge is 2.21. The number of aromatic nitrogens is 2. The molecule has 0 spiro atoms. The van der Waals surface area contributed by atoms with Crippen molar-refractivity contribution in [1.82, 2.24) is 9.38 Å². The van der Waals surface area contributed by atoms with Crippen molar-refractivity contribution in [2.75, 3.05) is 0 Å². The van der Waals surface area contributed by atoms with Gasteiger partial charge in [0.05, 0.1) is 6.20 Å². The fourth-order valence-electron chi connectivity index (χ4n) is 2.79. The molecule has 0 aliphatic heterocycles. The molecule has 0 saturated carbocycles. The Labute approximate surface area is 155 Å². The third kappa shape index (κ3) is 3.48. The van der Waals surface area contributed by atoms with Gasteiger partial charge in [0.1, 0.15) is 23.7 Å². The number of ether oxygens (including phenoxy) is 1. The van der Waals surface area contributed by atoms with Gasteiger partial charge >= 0.3 is 0 Å². The van der Waals surface area contributed by atoms with E-state index in [4.69, 9.17) is 4.74 Å². The Morgan fingerprint density at radius 2 is 1.59 bits per heavy atom. The number of carbonyl (C=O) groups is 2. The minimum absolute atomic E-state index is 0.250. The molecule has 0 radical (unpaired) electrons. The molecule has 4 rings (SSSR count). The van der Waals surface area contributed by atoms with Crippen molar-refractivity contribution in [3.8, 4) is 5.75 Å². The summed E-state index contributed by atoms with van der Waals surface area (Å²) in [5, 5.41) is 0. The number of rotatable bonds is 6. The lowest BCUT2D eigenvalue weighted by Crippen LogP contribution is -2.16. The average Bonchev–Trinajstić information content (AvgIpc) is 3.16. The van der Waals surface area contributed by atoms with Gasteiger partial charge in [-0.2, -0.15) is 0 Å². The lowest BCUT2D eigenvalue weighted by Gasteiger charge is -2.07. The van der Waals surface area contributed by atoms with Gasteiger partial charge < -0.3 is 4.74 Å². The van der Waals surface area contributed by atoms with Crippen molar-refractivity contribution in [2.45, 2.75) is 6.61 Å². The maximum Gasteiger partial charge on any atom is 0.251 e. The Morgan fingerprint density at radius 3 is 2.37 bits per heavy atom. The monoisotopic (exact) mass is 356 g/mol. The van der Waals surface area contributed by atoms with Gasteiger partial charge in [0.25, 0.3) is 5.78 Å². The van der Waals surface area contributed by atoms with E-state index in [1.807, 2.05) is 36.4 Å². The van der Waals surface area contributed by atoms with Crippen LogP contribution in [0.3, 0.4) is 0 Å². The van der Waals surface area contributed by atoms with E-state index in [0.717, 1.165) is 5.56 Å². The van der Waals surface area contributed by atoms with Crippen LogP contribution < -0.4 is 4.74 Å². The van der Waals surface area contributed by atoms with Crippen LogP contribution in [0.2, 0.25) is 0 Å². The number of nitrogens with zero attached hydrogens (tertiary/aromatic N) is 2. The number of imidazole rings is 1. The Hall–Kier alpha value is -3.73. The largest absolute Gasteiger partial charge is 0.489 e. The summed E-state index contributed by atoms with van der Waals surface area (Å²) in [4.78, 5) is 29.3. The molecular weight excluding hydrogens is 340 g/mol. The molecule has 0 saturated heterocycles. The second kappa shape index (κ2) is 7.25. The molecule has 0 aliphatic rings. The number of hydrogen-bond donors (Lipinski definition) is 0. The molecule has 5 nitrogen and oxygen atoms in total. The highest BCUT2D eigenvalue weighted by Crippen LogP contribution is 2.16. The number of Topliss-reactive ketones (excluding diaryl/α,β-unsaturated/α-hetero) is 2. The standard InChI is InChI=1S/C22H16N2O3/c25-21(22(26)19-14-23-20-8-4-5-13-24(19)20)17-9-11-18(12-10-17)27-15-16-6-2-1-3-7-16/h1-14H,15H2. The Balaban J connectivity index is 1.48. The van der Waals surface area contributed by atoms with Crippen molar-refractivity contribution < 1.29 is 14.3 Å². The first kappa shape index (κ1) is 16.7. The zero-order valence-corrected chi connectivity index (χ0v) is 14.4. The van der Waals surface area contributed by atoms with Crippen molar-refractivity contribution in [3.63, 3.8) is 0 Å². The Kier molecular flexibility index (Phi) is 4.49. The fourth-order valence-corrected chi connectivity index (χ4v) is 2.79. The van der Waals surface area contributed by atoms with Crippen LogP contribution in [0.1, 0.15) is 26.4 Å². The Bertz CT molecular complexity index is 1100. The summed E-state index contributed by atoms with van der Waals surface area (Å²) in [6.45, 7) is 0.439. The van der Waals surface area contributed by atoms with Gasteiger partial charge in [-0.3, -0.25) is 14.0 Å². The zero-order chi connectivity index (χ0) is 18.6. The van der Waals surface area contributed by atoms with Gasteiger partial charge in [0, 0.05) is 11.8 Å². The molecule has 4 aromatic rings.